The Labute approximate surface area is 221 Å². The number of nitrogens with zero attached hydrogens (tertiary/aromatic N) is 2. The highest BCUT2D eigenvalue weighted by atomic mass is 35.5. The van der Waals surface area contributed by atoms with E-state index in [0.29, 0.717) is 0 Å². The van der Waals surface area contributed by atoms with Crippen LogP contribution in [0.1, 0.15) is 49.3 Å². The molecule has 1 heterocycles. The van der Waals surface area contributed by atoms with E-state index >= 15 is 0 Å². The van der Waals surface area contributed by atoms with Crippen LogP contribution in [-0.4, -0.2) is 49.3 Å². The molecule has 1 fully saturated rings. The van der Waals surface area contributed by atoms with Crippen LogP contribution in [0.25, 0.3) is 0 Å². The summed E-state index contributed by atoms with van der Waals surface area (Å²) in [5.41, 5.74) is 3.51. The summed E-state index contributed by atoms with van der Waals surface area (Å²) < 4.78 is 5.84. The Balaban J connectivity index is 1.49. The van der Waals surface area contributed by atoms with Gasteiger partial charge in [-0.3, -0.25) is 4.90 Å². The molecule has 0 saturated carbocycles. The first-order chi connectivity index (χ1) is 17.4. The number of unbranched alkanes of at least 4 members (excludes halogenated alkanes) is 1. The number of aliphatic hydroxyl groups is 1. The molecule has 1 N–H and O–H groups in total. The molecule has 36 heavy (non-hydrogen) atoms. The van der Waals surface area contributed by atoms with Gasteiger partial charge < -0.3 is 14.7 Å². The molecular formula is C31H39ClN2O2. The standard InChI is InChI=1S/C31H39ClN2O2/c1-4-5-21-36-28-15-12-26(13-16-28)31(3,35)29(25-9-7-6-8-10-25)23-33-17-19-34(20-18-33)30-22-27(32)14-11-24(30)2/h6-16,22,29,35H,4-5,17-21,23H2,1-3H3/t29-,31-/m1/s1. The van der Waals surface area contributed by atoms with E-state index in [-0.39, 0.29) is 5.92 Å². The van der Waals surface area contributed by atoms with Crippen molar-refractivity contribution >= 4 is 17.3 Å². The molecule has 0 bridgehead atoms. The van der Waals surface area contributed by atoms with Gasteiger partial charge in [-0.05, 0) is 61.2 Å². The topological polar surface area (TPSA) is 35.9 Å². The lowest BCUT2D eigenvalue weighted by Gasteiger charge is -2.41. The van der Waals surface area contributed by atoms with Gasteiger partial charge in [-0.15, -0.1) is 0 Å². The lowest BCUT2D eigenvalue weighted by atomic mass is 9.78. The summed E-state index contributed by atoms with van der Waals surface area (Å²) in [6.45, 7) is 11.5. The number of hydrogen-bond acceptors (Lipinski definition) is 4. The van der Waals surface area contributed by atoms with Gasteiger partial charge in [-0.1, -0.05) is 73.5 Å². The molecule has 1 aliphatic rings. The molecule has 3 aromatic carbocycles. The lowest BCUT2D eigenvalue weighted by Crippen LogP contribution is -2.49. The number of anilines is 1. The van der Waals surface area contributed by atoms with Gasteiger partial charge in [0, 0.05) is 49.4 Å². The van der Waals surface area contributed by atoms with Crippen molar-refractivity contribution in [2.75, 3.05) is 44.2 Å². The van der Waals surface area contributed by atoms with Crippen LogP contribution in [-0.2, 0) is 5.60 Å². The number of ether oxygens (including phenoxy) is 1. The van der Waals surface area contributed by atoms with Crippen molar-refractivity contribution in [2.24, 2.45) is 0 Å². The summed E-state index contributed by atoms with van der Waals surface area (Å²) in [7, 11) is 0. The zero-order chi connectivity index (χ0) is 25.5. The van der Waals surface area contributed by atoms with Crippen LogP contribution >= 0.6 is 11.6 Å². The number of halogens is 1. The molecule has 4 nitrogen and oxygen atoms in total. The van der Waals surface area contributed by atoms with E-state index in [2.05, 4.69) is 60.0 Å². The summed E-state index contributed by atoms with van der Waals surface area (Å²) in [5, 5.41) is 12.7. The molecule has 1 saturated heterocycles. The first kappa shape index (κ1) is 26.5. The molecule has 3 aromatic rings. The normalized spacial score (nSPS) is 17.0. The Hall–Kier alpha value is -2.53. The van der Waals surface area contributed by atoms with Crippen LogP contribution in [0.3, 0.4) is 0 Å². The fourth-order valence-electron chi connectivity index (χ4n) is 5.07. The van der Waals surface area contributed by atoms with Crippen molar-refractivity contribution in [3.63, 3.8) is 0 Å². The predicted molar refractivity (Wildman–Crippen MR) is 150 cm³/mol. The van der Waals surface area contributed by atoms with Gasteiger partial charge in [0.05, 0.1) is 12.2 Å². The van der Waals surface area contributed by atoms with Crippen LogP contribution in [0.5, 0.6) is 5.75 Å². The molecule has 4 rings (SSSR count). The van der Waals surface area contributed by atoms with Crippen molar-refractivity contribution in [1.29, 1.82) is 0 Å². The molecule has 0 radical (unpaired) electrons. The minimum atomic E-state index is -1.02. The lowest BCUT2D eigenvalue weighted by molar-refractivity contribution is 0.0121. The molecular weight excluding hydrogens is 468 g/mol. The maximum absolute atomic E-state index is 11.9. The van der Waals surface area contributed by atoms with Crippen molar-refractivity contribution < 1.29 is 9.84 Å². The first-order valence-electron chi connectivity index (χ1n) is 13.1. The maximum atomic E-state index is 11.9. The van der Waals surface area contributed by atoms with Gasteiger partial charge in [-0.25, -0.2) is 0 Å². The second-order valence-electron chi connectivity index (χ2n) is 10.1. The van der Waals surface area contributed by atoms with Crippen LogP contribution in [0, 0.1) is 6.92 Å². The van der Waals surface area contributed by atoms with Crippen LogP contribution in [0.2, 0.25) is 5.02 Å². The Morgan fingerprint density at radius 2 is 1.67 bits per heavy atom. The summed E-state index contributed by atoms with van der Waals surface area (Å²) in [6, 6.07) is 24.5. The Morgan fingerprint density at radius 3 is 2.33 bits per heavy atom. The van der Waals surface area contributed by atoms with E-state index in [0.717, 1.165) is 74.1 Å². The highest BCUT2D eigenvalue weighted by Crippen LogP contribution is 2.38. The molecule has 5 heteroatoms. The molecule has 0 aliphatic carbocycles. The van der Waals surface area contributed by atoms with E-state index in [1.54, 1.807) is 0 Å². The Kier molecular flexibility index (Phi) is 8.95. The van der Waals surface area contributed by atoms with Crippen molar-refractivity contribution in [3.8, 4) is 5.75 Å². The van der Waals surface area contributed by atoms with Crippen molar-refractivity contribution in [2.45, 2.75) is 45.1 Å². The van der Waals surface area contributed by atoms with Crippen molar-refractivity contribution in [1.82, 2.24) is 4.90 Å². The molecule has 192 valence electrons. The van der Waals surface area contributed by atoms with Crippen LogP contribution < -0.4 is 9.64 Å². The Bertz CT molecular complexity index is 1090. The van der Waals surface area contributed by atoms with E-state index in [1.165, 1.54) is 11.3 Å². The van der Waals surface area contributed by atoms with Gasteiger partial charge in [-0.2, -0.15) is 0 Å². The Morgan fingerprint density at radius 1 is 0.972 bits per heavy atom. The van der Waals surface area contributed by atoms with E-state index in [9.17, 15) is 5.11 Å². The molecule has 0 amide bonds. The van der Waals surface area contributed by atoms with E-state index in [4.69, 9.17) is 16.3 Å². The van der Waals surface area contributed by atoms with Crippen LogP contribution in [0.4, 0.5) is 5.69 Å². The minimum Gasteiger partial charge on any atom is -0.494 e. The number of aryl methyl sites for hydroxylation is 1. The second-order valence-corrected chi connectivity index (χ2v) is 10.5. The summed E-state index contributed by atoms with van der Waals surface area (Å²) >= 11 is 6.28. The summed E-state index contributed by atoms with van der Waals surface area (Å²) in [4.78, 5) is 4.90. The predicted octanol–water partition coefficient (Wildman–Crippen LogP) is 6.64. The minimum absolute atomic E-state index is 0.0648. The molecule has 0 spiro atoms. The number of piperazine rings is 1. The van der Waals surface area contributed by atoms with Gasteiger partial charge in [0.2, 0.25) is 0 Å². The average Bonchev–Trinajstić information content (AvgIpc) is 2.90. The average molecular weight is 507 g/mol. The van der Waals surface area contributed by atoms with Gasteiger partial charge >= 0.3 is 0 Å². The number of benzene rings is 3. The van der Waals surface area contributed by atoms with E-state index in [1.807, 2.05) is 43.3 Å². The third kappa shape index (κ3) is 6.42. The first-order valence-corrected chi connectivity index (χ1v) is 13.5. The molecule has 1 aliphatic heterocycles. The largest absolute Gasteiger partial charge is 0.494 e. The number of rotatable bonds is 10. The fraction of sp³-hybridized carbons (Fsp3) is 0.419. The van der Waals surface area contributed by atoms with Gasteiger partial charge in [0.15, 0.2) is 0 Å². The summed E-state index contributed by atoms with van der Waals surface area (Å²) in [6.07, 6.45) is 2.15. The third-order valence-electron chi connectivity index (χ3n) is 7.41. The van der Waals surface area contributed by atoms with E-state index < -0.39 is 5.60 Å². The molecule has 2 atom stereocenters. The zero-order valence-corrected chi connectivity index (χ0v) is 22.5. The molecule has 0 aromatic heterocycles. The third-order valence-corrected chi connectivity index (χ3v) is 7.65. The van der Waals surface area contributed by atoms with Crippen LogP contribution in [0.15, 0.2) is 72.8 Å². The van der Waals surface area contributed by atoms with Crippen molar-refractivity contribution in [3.05, 3.63) is 94.5 Å². The highest BCUT2D eigenvalue weighted by molar-refractivity contribution is 6.30. The SMILES string of the molecule is CCCCOc1ccc([C@@](C)(O)[C@H](CN2CCN(c3cc(Cl)ccc3C)CC2)c2ccccc2)cc1. The highest BCUT2D eigenvalue weighted by Gasteiger charge is 2.36. The zero-order valence-electron chi connectivity index (χ0n) is 21.8. The second kappa shape index (κ2) is 12.1. The quantitative estimate of drug-likeness (QED) is 0.313. The van der Waals surface area contributed by atoms with Gasteiger partial charge in [0.1, 0.15) is 5.75 Å². The smallest absolute Gasteiger partial charge is 0.119 e. The fourth-order valence-corrected chi connectivity index (χ4v) is 5.24. The van der Waals surface area contributed by atoms with Gasteiger partial charge in [0.25, 0.3) is 0 Å². The summed E-state index contributed by atoms with van der Waals surface area (Å²) in [5.74, 6) is 0.789. The molecule has 0 unspecified atom stereocenters. The maximum Gasteiger partial charge on any atom is 0.119 e. The monoisotopic (exact) mass is 506 g/mol. The number of hydrogen-bond donors (Lipinski definition) is 1.